The van der Waals surface area contributed by atoms with Gasteiger partial charge in [0.05, 0.1) is 0 Å². The summed E-state index contributed by atoms with van der Waals surface area (Å²) in [5, 5.41) is 3.89. The van der Waals surface area contributed by atoms with Crippen molar-refractivity contribution >= 4 is 11.9 Å². The summed E-state index contributed by atoms with van der Waals surface area (Å²) >= 11 is 0. The summed E-state index contributed by atoms with van der Waals surface area (Å²) in [5.41, 5.74) is 3.03. The van der Waals surface area contributed by atoms with Crippen molar-refractivity contribution in [3.8, 4) is 0 Å². The molecule has 0 aliphatic heterocycles. The highest BCUT2D eigenvalue weighted by molar-refractivity contribution is 6.06. The van der Waals surface area contributed by atoms with E-state index >= 15 is 0 Å². The van der Waals surface area contributed by atoms with Crippen LogP contribution in [0.3, 0.4) is 0 Å². The molecule has 0 spiro atoms. The number of carbonyl (C=O) groups excluding carboxylic acids is 1. The first kappa shape index (κ1) is 24.1. The number of carbonyl (C=O) groups is 1. The van der Waals surface area contributed by atoms with Crippen LogP contribution in [-0.4, -0.2) is 41.0 Å². The molecule has 3 aromatic rings. The monoisotopic (exact) mass is 457 g/mol. The van der Waals surface area contributed by atoms with Gasteiger partial charge in [-0.25, -0.2) is 0 Å². The van der Waals surface area contributed by atoms with E-state index in [0.29, 0.717) is 23.4 Å². The summed E-state index contributed by atoms with van der Waals surface area (Å²) in [6.45, 7) is 1.96. The van der Waals surface area contributed by atoms with E-state index in [4.69, 9.17) is 4.52 Å². The summed E-state index contributed by atoms with van der Waals surface area (Å²) in [4.78, 5) is 19.3. The van der Waals surface area contributed by atoms with Gasteiger partial charge in [-0.2, -0.15) is 4.98 Å². The Hall–Kier alpha value is -3.05. The third-order valence-corrected chi connectivity index (χ3v) is 7.03. The van der Waals surface area contributed by atoms with Crippen LogP contribution >= 0.6 is 0 Å². The van der Waals surface area contributed by atoms with Gasteiger partial charge < -0.3 is 9.42 Å². The van der Waals surface area contributed by atoms with Crippen LogP contribution in [0.25, 0.3) is 6.08 Å². The minimum Gasteiger partial charge on any atom is -0.334 e. The molecule has 34 heavy (non-hydrogen) atoms. The average Bonchev–Trinajstić information content (AvgIpc) is 3.33. The van der Waals surface area contributed by atoms with E-state index in [-0.39, 0.29) is 11.6 Å². The predicted octanol–water partition coefficient (Wildman–Crippen LogP) is 5.99. The molecule has 0 bridgehead atoms. The minimum atomic E-state index is -0.210. The molecule has 1 saturated carbocycles. The fourth-order valence-electron chi connectivity index (χ4n) is 5.13. The Labute approximate surface area is 202 Å². The smallest absolute Gasteiger partial charge is 0.250 e. The normalized spacial score (nSPS) is 19.5. The number of rotatable bonds is 9. The Morgan fingerprint density at radius 1 is 1.09 bits per heavy atom. The van der Waals surface area contributed by atoms with Gasteiger partial charge >= 0.3 is 0 Å². The summed E-state index contributed by atoms with van der Waals surface area (Å²) in [7, 11) is 4.43. The molecule has 178 valence electrons. The van der Waals surface area contributed by atoms with Crippen LogP contribution in [-0.2, 0) is 6.42 Å². The molecule has 0 N–H and O–H groups in total. The number of aryl methyl sites for hydroxylation is 2. The molecule has 1 aliphatic rings. The van der Waals surface area contributed by atoms with Gasteiger partial charge in [0.15, 0.2) is 0 Å². The highest BCUT2D eigenvalue weighted by Gasteiger charge is 2.28. The lowest BCUT2D eigenvalue weighted by atomic mass is 9.76. The number of hydrogen-bond donors (Lipinski definition) is 0. The van der Waals surface area contributed by atoms with Crippen molar-refractivity contribution in [1.29, 1.82) is 0 Å². The Morgan fingerprint density at radius 2 is 1.85 bits per heavy atom. The van der Waals surface area contributed by atoms with E-state index in [0.717, 1.165) is 17.9 Å². The van der Waals surface area contributed by atoms with Gasteiger partial charge in [0.1, 0.15) is 0 Å². The molecule has 1 fully saturated rings. The van der Waals surface area contributed by atoms with Crippen LogP contribution in [0.15, 0.2) is 65.2 Å². The van der Waals surface area contributed by atoms with E-state index in [1.54, 1.807) is 6.07 Å². The molecule has 5 nitrogen and oxygen atoms in total. The standard InChI is InChI=1S/C29H35N3O2/c1-21-8-7-11-25(20-21)28(33)29-30-27(34-31-29)19-15-23-12-16-24(17-13-23)26(32(2)3)18-14-22-9-5-4-6-10-22/h4-11,15,19-20,23-24,26H,12-14,16-18H2,1-3H3/b19-15+. The summed E-state index contributed by atoms with van der Waals surface area (Å²) in [6.07, 6.45) is 11.2. The molecule has 1 aliphatic carbocycles. The largest absolute Gasteiger partial charge is 0.334 e. The van der Waals surface area contributed by atoms with Crippen molar-refractivity contribution in [2.45, 2.75) is 51.5 Å². The van der Waals surface area contributed by atoms with Gasteiger partial charge in [0.2, 0.25) is 11.6 Å². The number of benzene rings is 2. The van der Waals surface area contributed by atoms with Crippen molar-refractivity contribution < 1.29 is 9.32 Å². The second kappa shape index (κ2) is 11.4. The first-order valence-corrected chi connectivity index (χ1v) is 12.3. The maximum absolute atomic E-state index is 12.6. The van der Waals surface area contributed by atoms with Gasteiger partial charge in [-0.15, -0.1) is 0 Å². The SMILES string of the molecule is Cc1cccc(C(=O)c2noc(/C=C/C3CCC(C(CCc4ccccc4)N(C)C)CC3)n2)c1. The topological polar surface area (TPSA) is 59.2 Å². The lowest BCUT2D eigenvalue weighted by molar-refractivity contribution is 0.102. The fraction of sp³-hybridized carbons (Fsp3) is 0.414. The van der Waals surface area contributed by atoms with E-state index in [9.17, 15) is 4.79 Å². The number of aromatic nitrogens is 2. The molecule has 0 saturated heterocycles. The Morgan fingerprint density at radius 3 is 2.56 bits per heavy atom. The van der Waals surface area contributed by atoms with Crippen LogP contribution < -0.4 is 0 Å². The first-order valence-electron chi connectivity index (χ1n) is 12.3. The Balaban J connectivity index is 1.29. The number of ketones is 1. The van der Waals surface area contributed by atoms with Crippen LogP contribution in [0.5, 0.6) is 0 Å². The van der Waals surface area contributed by atoms with E-state index in [1.807, 2.05) is 31.2 Å². The Bertz CT molecular complexity index is 1100. The van der Waals surface area contributed by atoms with Crippen molar-refractivity contribution in [3.05, 3.63) is 89.1 Å². The number of nitrogens with zero attached hydrogens (tertiary/aromatic N) is 3. The zero-order valence-electron chi connectivity index (χ0n) is 20.5. The fourth-order valence-corrected chi connectivity index (χ4v) is 5.13. The van der Waals surface area contributed by atoms with Crippen LogP contribution in [0.1, 0.15) is 65.3 Å². The third-order valence-electron chi connectivity index (χ3n) is 7.03. The molecule has 1 aromatic heterocycles. The van der Waals surface area contributed by atoms with Gasteiger partial charge in [-0.05, 0) is 89.1 Å². The number of hydrogen-bond acceptors (Lipinski definition) is 5. The molecule has 1 heterocycles. The van der Waals surface area contributed by atoms with Crippen molar-refractivity contribution in [3.63, 3.8) is 0 Å². The van der Waals surface area contributed by atoms with Crippen molar-refractivity contribution in [2.24, 2.45) is 11.8 Å². The van der Waals surface area contributed by atoms with E-state index < -0.39 is 0 Å². The maximum Gasteiger partial charge on any atom is 0.250 e. The van der Waals surface area contributed by atoms with E-state index in [1.165, 1.54) is 37.7 Å². The first-order chi connectivity index (χ1) is 16.5. The Kier molecular flexibility index (Phi) is 8.07. The highest BCUT2D eigenvalue weighted by Crippen LogP contribution is 2.34. The summed E-state index contributed by atoms with van der Waals surface area (Å²) in [6, 6.07) is 18.8. The third kappa shape index (κ3) is 6.29. The quantitative estimate of drug-likeness (QED) is 0.369. The molecule has 0 radical (unpaired) electrons. The van der Waals surface area contributed by atoms with Crippen LogP contribution in [0, 0.1) is 18.8 Å². The second-order valence-corrected chi connectivity index (χ2v) is 9.74. The molecular formula is C29H35N3O2. The van der Waals surface area contributed by atoms with Gasteiger partial charge in [-0.3, -0.25) is 4.79 Å². The minimum absolute atomic E-state index is 0.112. The van der Waals surface area contributed by atoms with Gasteiger partial charge in [0.25, 0.3) is 5.89 Å². The van der Waals surface area contributed by atoms with Crippen LogP contribution in [0.2, 0.25) is 0 Å². The van der Waals surface area contributed by atoms with Crippen molar-refractivity contribution in [2.75, 3.05) is 14.1 Å². The summed E-state index contributed by atoms with van der Waals surface area (Å²) < 4.78 is 5.32. The molecule has 1 unspecified atom stereocenters. The maximum atomic E-state index is 12.6. The zero-order valence-corrected chi connectivity index (χ0v) is 20.5. The van der Waals surface area contributed by atoms with Gasteiger partial charge in [0, 0.05) is 11.6 Å². The molecular weight excluding hydrogens is 422 g/mol. The highest BCUT2D eigenvalue weighted by atomic mass is 16.5. The molecule has 1 atom stereocenters. The van der Waals surface area contributed by atoms with Gasteiger partial charge in [-0.1, -0.05) is 65.3 Å². The average molecular weight is 458 g/mol. The predicted molar refractivity (Wildman–Crippen MR) is 136 cm³/mol. The second-order valence-electron chi connectivity index (χ2n) is 9.74. The van der Waals surface area contributed by atoms with E-state index in [2.05, 4.69) is 65.5 Å². The van der Waals surface area contributed by atoms with Crippen molar-refractivity contribution in [1.82, 2.24) is 15.0 Å². The van der Waals surface area contributed by atoms with Crippen LogP contribution in [0.4, 0.5) is 0 Å². The molecule has 5 heteroatoms. The number of allylic oxidation sites excluding steroid dienone is 1. The lowest BCUT2D eigenvalue weighted by Gasteiger charge is -2.37. The zero-order chi connectivity index (χ0) is 23.9. The molecule has 0 amide bonds. The summed E-state index contributed by atoms with van der Waals surface area (Å²) in [5.74, 6) is 1.53. The lowest BCUT2D eigenvalue weighted by Crippen LogP contribution is -2.37. The molecule has 4 rings (SSSR count). The molecule has 2 aromatic carbocycles.